The quantitative estimate of drug-likeness (QED) is 0.829. The number of alkyl halides is 3. The van der Waals surface area contributed by atoms with Crippen molar-refractivity contribution in [3.63, 3.8) is 0 Å². The van der Waals surface area contributed by atoms with E-state index in [0.29, 0.717) is 6.07 Å². The summed E-state index contributed by atoms with van der Waals surface area (Å²) in [5, 5.41) is 5.14. The van der Waals surface area contributed by atoms with Crippen LogP contribution < -0.4 is 10.6 Å². The van der Waals surface area contributed by atoms with Crippen molar-refractivity contribution in [1.29, 1.82) is 0 Å². The zero-order chi connectivity index (χ0) is 16.2. The number of nitrogens with one attached hydrogen (secondary N) is 2. The third-order valence-electron chi connectivity index (χ3n) is 3.37. The second kappa shape index (κ2) is 7.21. The number of hydrogen-bond acceptors (Lipinski definition) is 2. The van der Waals surface area contributed by atoms with Crippen molar-refractivity contribution in [2.45, 2.75) is 31.6 Å². The smallest absolute Gasteiger partial charge is 0.335 e. The van der Waals surface area contributed by atoms with Gasteiger partial charge in [0, 0.05) is 12.6 Å². The molecule has 0 saturated carbocycles. The Morgan fingerprint density at radius 3 is 2.59 bits per heavy atom. The Morgan fingerprint density at radius 2 is 1.95 bits per heavy atom. The largest absolute Gasteiger partial charge is 0.416 e. The molecule has 8 heteroatoms. The van der Waals surface area contributed by atoms with Crippen molar-refractivity contribution in [3.8, 4) is 0 Å². The molecule has 1 aliphatic rings. The van der Waals surface area contributed by atoms with E-state index in [4.69, 9.17) is 0 Å². The molecule has 1 aromatic carbocycles. The van der Waals surface area contributed by atoms with Crippen LogP contribution in [0.15, 0.2) is 18.2 Å². The van der Waals surface area contributed by atoms with Gasteiger partial charge in [0.05, 0.1) is 5.56 Å². The molecule has 0 spiro atoms. The fourth-order valence-corrected chi connectivity index (χ4v) is 3.33. The van der Waals surface area contributed by atoms with Crippen LogP contribution in [0.3, 0.4) is 0 Å². The number of halogens is 4. The first kappa shape index (κ1) is 16.9. The molecule has 0 atom stereocenters. The first-order valence-electron chi connectivity index (χ1n) is 6.84. The molecule has 0 radical (unpaired) electrons. The molecule has 1 heterocycles. The van der Waals surface area contributed by atoms with Gasteiger partial charge >= 0.3 is 12.2 Å². The van der Waals surface area contributed by atoms with Crippen LogP contribution in [-0.4, -0.2) is 23.6 Å². The SMILES string of the molecule is O=C(NCc1ccc(F)cc1C(F)(F)F)NC1CCSCC1. The van der Waals surface area contributed by atoms with Gasteiger partial charge in [-0.2, -0.15) is 24.9 Å². The van der Waals surface area contributed by atoms with Crippen LogP contribution in [-0.2, 0) is 12.7 Å². The van der Waals surface area contributed by atoms with Gasteiger partial charge in [-0.05, 0) is 42.0 Å². The second-order valence-electron chi connectivity index (χ2n) is 5.01. The lowest BCUT2D eigenvalue weighted by Gasteiger charge is -2.23. The zero-order valence-corrected chi connectivity index (χ0v) is 12.5. The summed E-state index contributed by atoms with van der Waals surface area (Å²) in [5.74, 6) is 0.961. The Hall–Kier alpha value is -1.44. The third-order valence-corrected chi connectivity index (χ3v) is 4.42. The molecule has 2 rings (SSSR count). The van der Waals surface area contributed by atoms with Gasteiger partial charge in [0.1, 0.15) is 5.82 Å². The van der Waals surface area contributed by atoms with Gasteiger partial charge in [-0.15, -0.1) is 0 Å². The number of carbonyl (C=O) groups is 1. The molecular weight excluding hydrogens is 320 g/mol. The van der Waals surface area contributed by atoms with Crippen molar-refractivity contribution in [3.05, 3.63) is 35.1 Å². The van der Waals surface area contributed by atoms with E-state index < -0.39 is 23.6 Å². The van der Waals surface area contributed by atoms with Gasteiger partial charge in [-0.3, -0.25) is 0 Å². The fourth-order valence-electron chi connectivity index (χ4n) is 2.22. The lowest BCUT2D eigenvalue weighted by atomic mass is 10.1. The predicted molar refractivity (Wildman–Crippen MR) is 77.1 cm³/mol. The highest BCUT2D eigenvalue weighted by atomic mass is 32.2. The fraction of sp³-hybridized carbons (Fsp3) is 0.500. The lowest BCUT2D eigenvalue weighted by Crippen LogP contribution is -2.43. The van der Waals surface area contributed by atoms with Gasteiger partial charge in [0.25, 0.3) is 0 Å². The molecule has 1 fully saturated rings. The number of urea groups is 1. The predicted octanol–water partition coefficient (Wildman–Crippen LogP) is 3.54. The normalized spacial score (nSPS) is 16.4. The van der Waals surface area contributed by atoms with Gasteiger partial charge in [0.15, 0.2) is 0 Å². The Bertz CT molecular complexity index is 530. The van der Waals surface area contributed by atoms with Crippen LogP contribution in [0.1, 0.15) is 24.0 Å². The number of rotatable bonds is 3. The minimum atomic E-state index is -4.66. The van der Waals surface area contributed by atoms with E-state index in [-0.39, 0.29) is 18.2 Å². The highest BCUT2D eigenvalue weighted by Crippen LogP contribution is 2.32. The van der Waals surface area contributed by atoms with E-state index >= 15 is 0 Å². The first-order valence-corrected chi connectivity index (χ1v) is 7.99. The second-order valence-corrected chi connectivity index (χ2v) is 6.24. The molecule has 0 bridgehead atoms. The van der Waals surface area contributed by atoms with Crippen LogP contribution in [0.2, 0.25) is 0 Å². The number of amides is 2. The van der Waals surface area contributed by atoms with Crippen molar-refractivity contribution in [2.24, 2.45) is 0 Å². The molecule has 1 saturated heterocycles. The van der Waals surface area contributed by atoms with Crippen LogP contribution in [0.4, 0.5) is 22.4 Å². The maximum atomic E-state index is 13.0. The van der Waals surface area contributed by atoms with Crippen molar-refractivity contribution < 1.29 is 22.4 Å². The van der Waals surface area contributed by atoms with Crippen LogP contribution >= 0.6 is 11.8 Å². The summed E-state index contributed by atoms with van der Waals surface area (Å²) in [6.45, 7) is -0.303. The maximum Gasteiger partial charge on any atom is 0.416 e. The molecule has 22 heavy (non-hydrogen) atoms. The van der Waals surface area contributed by atoms with Crippen molar-refractivity contribution in [2.75, 3.05) is 11.5 Å². The van der Waals surface area contributed by atoms with Crippen molar-refractivity contribution in [1.82, 2.24) is 10.6 Å². The summed E-state index contributed by atoms with van der Waals surface area (Å²) in [4.78, 5) is 11.7. The van der Waals surface area contributed by atoms with Crippen LogP contribution in [0.25, 0.3) is 0 Å². The molecule has 0 aliphatic carbocycles. The van der Waals surface area contributed by atoms with E-state index in [9.17, 15) is 22.4 Å². The van der Waals surface area contributed by atoms with Gasteiger partial charge in [-0.1, -0.05) is 6.07 Å². The number of benzene rings is 1. The van der Waals surface area contributed by atoms with E-state index in [0.717, 1.165) is 36.5 Å². The minimum absolute atomic E-state index is 0.0524. The molecular formula is C14H16F4N2OS. The summed E-state index contributed by atoms with van der Waals surface area (Å²) in [7, 11) is 0. The summed E-state index contributed by atoms with van der Waals surface area (Å²) in [5.41, 5.74) is -1.23. The number of hydrogen-bond donors (Lipinski definition) is 2. The van der Waals surface area contributed by atoms with E-state index in [1.807, 2.05) is 11.8 Å². The molecule has 0 unspecified atom stereocenters. The van der Waals surface area contributed by atoms with Gasteiger partial charge < -0.3 is 10.6 Å². The topological polar surface area (TPSA) is 41.1 Å². The Labute approximate surface area is 129 Å². The number of carbonyl (C=O) groups excluding carboxylic acids is 1. The molecule has 1 aliphatic heterocycles. The Morgan fingerprint density at radius 1 is 1.27 bits per heavy atom. The number of thioether (sulfide) groups is 1. The highest BCUT2D eigenvalue weighted by molar-refractivity contribution is 7.99. The summed E-state index contributed by atoms with van der Waals surface area (Å²) in [6.07, 6.45) is -2.96. The van der Waals surface area contributed by atoms with Crippen molar-refractivity contribution >= 4 is 17.8 Å². The monoisotopic (exact) mass is 336 g/mol. The molecule has 1 aromatic rings. The molecule has 122 valence electrons. The van der Waals surface area contributed by atoms with Crippen LogP contribution in [0, 0.1) is 5.82 Å². The summed E-state index contributed by atoms with van der Waals surface area (Å²) < 4.78 is 51.5. The minimum Gasteiger partial charge on any atom is -0.335 e. The first-order chi connectivity index (χ1) is 10.4. The standard InChI is InChI=1S/C14H16F4N2OS/c15-10-2-1-9(12(7-10)14(16,17)18)8-19-13(21)20-11-3-5-22-6-4-11/h1-2,7,11H,3-6,8H2,(H2,19,20,21). The zero-order valence-electron chi connectivity index (χ0n) is 11.7. The highest BCUT2D eigenvalue weighted by Gasteiger charge is 2.33. The van der Waals surface area contributed by atoms with E-state index in [2.05, 4.69) is 10.6 Å². The average molecular weight is 336 g/mol. The van der Waals surface area contributed by atoms with Gasteiger partial charge in [0.2, 0.25) is 0 Å². The van der Waals surface area contributed by atoms with E-state index in [1.165, 1.54) is 0 Å². The Kier molecular flexibility index (Phi) is 5.55. The third kappa shape index (κ3) is 4.79. The van der Waals surface area contributed by atoms with Gasteiger partial charge in [-0.25, -0.2) is 9.18 Å². The molecule has 2 N–H and O–H groups in total. The lowest BCUT2D eigenvalue weighted by molar-refractivity contribution is -0.138. The maximum absolute atomic E-state index is 13.0. The summed E-state index contributed by atoms with van der Waals surface area (Å²) in [6, 6.07) is 1.97. The van der Waals surface area contributed by atoms with E-state index in [1.54, 1.807) is 0 Å². The molecule has 3 nitrogen and oxygen atoms in total. The molecule has 2 amide bonds. The molecule has 0 aromatic heterocycles. The Balaban J connectivity index is 1.94. The van der Waals surface area contributed by atoms with Crippen LogP contribution in [0.5, 0.6) is 0 Å². The summed E-state index contributed by atoms with van der Waals surface area (Å²) >= 11 is 1.81. The average Bonchev–Trinajstić information content (AvgIpc) is 2.46.